The fraction of sp³-hybridized carbons (Fsp3) is 0.714. The molecule has 0 saturated heterocycles. The minimum atomic E-state index is 0.0857. The zero-order chi connectivity index (χ0) is 13.0. The molecule has 1 aliphatic rings. The van der Waals surface area contributed by atoms with Crippen LogP contribution in [0.25, 0.3) is 0 Å². The molecule has 0 unspecified atom stereocenters. The molecule has 0 bridgehead atoms. The number of aromatic nitrogens is 2. The molecule has 2 rings (SSSR count). The summed E-state index contributed by atoms with van der Waals surface area (Å²) in [6, 6.07) is 2.36. The minimum absolute atomic E-state index is 0.0857. The summed E-state index contributed by atoms with van der Waals surface area (Å²) >= 11 is 0. The third-order valence-corrected chi connectivity index (χ3v) is 3.45. The molecule has 0 spiro atoms. The third-order valence-electron chi connectivity index (χ3n) is 3.45. The third kappa shape index (κ3) is 3.34. The highest BCUT2D eigenvalue weighted by Gasteiger charge is 2.19. The Balaban J connectivity index is 2.00. The number of hydrogen-bond donors (Lipinski definition) is 1. The van der Waals surface area contributed by atoms with Crippen molar-refractivity contribution in [2.75, 3.05) is 5.32 Å². The maximum Gasteiger partial charge on any atom is 0.225 e. The Morgan fingerprint density at radius 2 is 2.17 bits per heavy atom. The molecular formula is C14H23N3O. The molecule has 0 radical (unpaired) electrons. The second-order valence-corrected chi connectivity index (χ2v) is 5.60. The number of carbonyl (C=O) groups is 1. The highest BCUT2D eigenvalue weighted by molar-refractivity contribution is 5.89. The highest BCUT2D eigenvalue weighted by atomic mass is 16.1. The summed E-state index contributed by atoms with van der Waals surface area (Å²) in [7, 11) is 0. The smallest absolute Gasteiger partial charge is 0.225 e. The number of rotatable bonds is 4. The van der Waals surface area contributed by atoms with Crippen LogP contribution in [-0.4, -0.2) is 15.7 Å². The summed E-state index contributed by atoms with van der Waals surface area (Å²) in [6.07, 6.45) is 8.56. The van der Waals surface area contributed by atoms with Gasteiger partial charge in [0.05, 0.1) is 12.2 Å². The van der Waals surface area contributed by atoms with Crippen LogP contribution in [0, 0.1) is 5.92 Å². The van der Waals surface area contributed by atoms with E-state index in [1.165, 1.54) is 32.1 Å². The average molecular weight is 249 g/mol. The van der Waals surface area contributed by atoms with Gasteiger partial charge in [0.2, 0.25) is 5.91 Å². The molecule has 0 atom stereocenters. The van der Waals surface area contributed by atoms with Crippen LogP contribution < -0.4 is 5.32 Å². The quantitative estimate of drug-likeness (QED) is 0.889. The summed E-state index contributed by atoms with van der Waals surface area (Å²) in [5, 5.41) is 7.35. The largest absolute Gasteiger partial charge is 0.311 e. The lowest BCUT2D eigenvalue weighted by Crippen LogP contribution is -2.20. The van der Waals surface area contributed by atoms with E-state index in [9.17, 15) is 4.79 Å². The number of nitrogens with one attached hydrogen (secondary N) is 1. The number of amides is 1. The first kappa shape index (κ1) is 13.1. The van der Waals surface area contributed by atoms with Crippen molar-refractivity contribution in [1.29, 1.82) is 0 Å². The van der Waals surface area contributed by atoms with E-state index in [1.54, 1.807) is 6.20 Å². The number of anilines is 1. The summed E-state index contributed by atoms with van der Waals surface area (Å²) in [5.41, 5.74) is 0. The highest BCUT2D eigenvalue weighted by Crippen LogP contribution is 2.29. The predicted octanol–water partition coefficient (Wildman–Crippen LogP) is 3.37. The SMILES string of the molecule is CC(C)CC(=O)Nc1ccnn1C1CCCCC1. The fourth-order valence-electron chi connectivity index (χ4n) is 2.59. The maximum absolute atomic E-state index is 11.8. The molecule has 1 heterocycles. The Labute approximate surface area is 109 Å². The van der Waals surface area contributed by atoms with E-state index < -0.39 is 0 Å². The van der Waals surface area contributed by atoms with Gasteiger partial charge in [-0.15, -0.1) is 0 Å². The second kappa shape index (κ2) is 6.03. The summed E-state index contributed by atoms with van der Waals surface area (Å²) < 4.78 is 2.00. The van der Waals surface area contributed by atoms with Gasteiger partial charge in [-0.1, -0.05) is 33.1 Å². The fourth-order valence-corrected chi connectivity index (χ4v) is 2.59. The molecule has 1 saturated carbocycles. The Hall–Kier alpha value is -1.32. The van der Waals surface area contributed by atoms with E-state index in [0.717, 1.165) is 5.82 Å². The molecular weight excluding hydrogens is 226 g/mol. The first-order valence-corrected chi connectivity index (χ1v) is 7.00. The maximum atomic E-state index is 11.8. The van der Waals surface area contributed by atoms with E-state index in [4.69, 9.17) is 0 Å². The molecule has 18 heavy (non-hydrogen) atoms. The first-order valence-electron chi connectivity index (χ1n) is 7.00. The van der Waals surface area contributed by atoms with Crippen LogP contribution in [-0.2, 0) is 4.79 Å². The van der Waals surface area contributed by atoms with Gasteiger partial charge in [-0.3, -0.25) is 4.79 Å². The van der Waals surface area contributed by atoms with Gasteiger partial charge in [-0.05, 0) is 18.8 Å². The van der Waals surface area contributed by atoms with Crippen molar-refractivity contribution in [2.24, 2.45) is 5.92 Å². The average Bonchev–Trinajstić information content (AvgIpc) is 2.77. The lowest BCUT2D eigenvalue weighted by molar-refractivity contribution is -0.116. The molecule has 4 heteroatoms. The normalized spacial score (nSPS) is 17.1. The van der Waals surface area contributed by atoms with Gasteiger partial charge in [0, 0.05) is 12.5 Å². The van der Waals surface area contributed by atoms with Gasteiger partial charge in [-0.2, -0.15) is 5.10 Å². The second-order valence-electron chi connectivity index (χ2n) is 5.60. The molecule has 1 aromatic heterocycles. The molecule has 1 amide bonds. The van der Waals surface area contributed by atoms with Crippen LogP contribution in [0.5, 0.6) is 0 Å². The summed E-state index contributed by atoms with van der Waals surface area (Å²) in [6.45, 7) is 4.11. The van der Waals surface area contributed by atoms with Crippen molar-refractivity contribution in [2.45, 2.75) is 58.4 Å². The van der Waals surface area contributed by atoms with Crippen LogP contribution in [0.15, 0.2) is 12.3 Å². The van der Waals surface area contributed by atoms with Crippen LogP contribution in [0.4, 0.5) is 5.82 Å². The predicted molar refractivity (Wildman–Crippen MR) is 72.4 cm³/mol. The van der Waals surface area contributed by atoms with Gasteiger partial charge >= 0.3 is 0 Å². The van der Waals surface area contributed by atoms with E-state index in [-0.39, 0.29) is 5.91 Å². The van der Waals surface area contributed by atoms with Crippen LogP contribution in [0.2, 0.25) is 0 Å². The zero-order valence-corrected chi connectivity index (χ0v) is 11.4. The van der Waals surface area contributed by atoms with E-state index in [0.29, 0.717) is 18.4 Å². The minimum Gasteiger partial charge on any atom is -0.311 e. The molecule has 0 aromatic carbocycles. The Morgan fingerprint density at radius 3 is 2.83 bits per heavy atom. The van der Waals surface area contributed by atoms with Crippen molar-refractivity contribution >= 4 is 11.7 Å². The Kier molecular flexibility index (Phi) is 4.39. The summed E-state index contributed by atoms with van der Waals surface area (Å²) in [4.78, 5) is 11.8. The van der Waals surface area contributed by atoms with Crippen molar-refractivity contribution in [3.05, 3.63) is 12.3 Å². The van der Waals surface area contributed by atoms with Crippen molar-refractivity contribution in [1.82, 2.24) is 9.78 Å². The van der Waals surface area contributed by atoms with Gasteiger partial charge in [0.15, 0.2) is 0 Å². The Bertz CT molecular complexity index is 391. The molecule has 0 aliphatic heterocycles. The molecule has 1 aliphatic carbocycles. The molecule has 1 aromatic rings. The van der Waals surface area contributed by atoms with Crippen LogP contribution in [0.1, 0.15) is 58.4 Å². The van der Waals surface area contributed by atoms with E-state index >= 15 is 0 Å². The van der Waals surface area contributed by atoms with E-state index in [1.807, 2.05) is 10.7 Å². The molecule has 1 fully saturated rings. The van der Waals surface area contributed by atoms with Gasteiger partial charge in [0.1, 0.15) is 5.82 Å². The van der Waals surface area contributed by atoms with Crippen LogP contribution >= 0.6 is 0 Å². The number of hydrogen-bond acceptors (Lipinski definition) is 2. The van der Waals surface area contributed by atoms with Gasteiger partial charge < -0.3 is 5.32 Å². The van der Waals surface area contributed by atoms with E-state index in [2.05, 4.69) is 24.3 Å². The molecule has 1 N–H and O–H groups in total. The van der Waals surface area contributed by atoms with Gasteiger partial charge in [0.25, 0.3) is 0 Å². The monoisotopic (exact) mass is 249 g/mol. The van der Waals surface area contributed by atoms with Crippen molar-refractivity contribution in [3.63, 3.8) is 0 Å². The first-order chi connectivity index (χ1) is 8.66. The van der Waals surface area contributed by atoms with Gasteiger partial charge in [-0.25, -0.2) is 4.68 Å². The number of nitrogens with zero attached hydrogens (tertiary/aromatic N) is 2. The number of carbonyl (C=O) groups excluding carboxylic acids is 1. The summed E-state index contributed by atoms with van der Waals surface area (Å²) in [5.74, 6) is 1.33. The lowest BCUT2D eigenvalue weighted by atomic mass is 9.96. The zero-order valence-electron chi connectivity index (χ0n) is 11.4. The van der Waals surface area contributed by atoms with Crippen molar-refractivity contribution in [3.8, 4) is 0 Å². The standard InChI is InChI=1S/C14H23N3O/c1-11(2)10-14(18)16-13-8-9-15-17(13)12-6-4-3-5-7-12/h8-9,11-12H,3-7,10H2,1-2H3,(H,16,18). The topological polar surface area (TPSA) is 46.9 Å². The molecule has 100 valence electrons. The lowest BCUT2D eigenvalue weighted by Gasteiger charge is -2.24. The Morgan fingerprint density at radius 1 is 1.44 bits per heavy atom. The molecule has 4 nitrogen and oxygen atoms in total. The van der Waals surface area contributed by atoms with Crippen molar-refractivity contribution < 1.29 is 4.79 Å². The van der Waals surface area contributed by atoms with Crippen LogP contribution in [0.3, 0.4) is 0 Å².